The molecule has 1 saturated heterocycles. The van der Waals surface area contributed by atoms with E-state index in [1.807, 2.05) is 0 Å². The molecule has 3 atom stereocenters. The topological polar surface area (TPSA) is 33.3 Å². The van der Waals surface area contributed by atoms with Crippen LogP contribution in [-0.2, 0) is 4.74 Å². The van der Waals surface area contributed by atoms with Crippen LogP contribution in [0.3, 0.4) is 0 Å². The monoisotopic (exact) mass is 226 g/mol. The van der Waals surface area contributed by atoms with Crippen LogP contribution < -0.4 is 10.6 Å². The van der Waals surface area contributed by atoms with Gasteiger partial charge in [0.1, 0.15) is 0 Å². The molecule has 3 unspecified atom stereocenters. The Balaban J connectivity index is 1.79. The minimum atomic E-state index is 0.299. The lowest BCUT2D eigenvalue weighted by atomic mass is 9.64. The van der Waals surface area contributed by atoms with Crippen molar-refractivity contribution in [2.45, 2.75) is 58.2 Å². The molecule has 2 fully saturated rings. The van der Waals surface area contributed by atoms with Crippen LogP contribution in [0.2, 0.25) is 0 Å². The zero-order chi connectivity index (χ0) is 11.6. The Morgan fingerprint density at radius 1 is 1.44 bits per heavy atom. The van der Waals surface area contributed by atoms with E-state index in [1.54, 1.807) is 0 Å². The van der Waals surface area contributed by atoms with E-state index < -0.39 is 0 Å². The largest absolute Gasteiger partial charge is 0.378 e. The van der Waals surface area contributed by atoms with Crippen molar-refractivity contribution in [3.05, 3.63) is 0 Å². The highest BCUT2D eigenvalue weighted by atomic mass is 16.5. The molecule has 0 aromatic carbocycles. The van der Waals surface area contributed by atoms with Crippen molar-refractivity contribution in [1.82, 2.24) is 10.6 Å². The molecule has 0 bridgehead atoms. The second-order valence-electron chi connectivity index (χ2n) is 5.76. The third-order valence-corrected chi connectivity index (χ3v) is 4.28. The Kier molecular flexibility index (Phi) is 3.88. The SMILES string of the molecule is CCOC1CC(NC2CCCNC2)C1(C)C. The van der Waals surface area contributed by atoms with Crippen molar-refractivity contribution in [2.24, 2.45) is 5.41 Å². The minimum Gasteiger partial charge on any atom is -0.378 e. The summed E-state index contributed by atoms with van der Waals surface area (Å²) in [6.07, 6.45) is 4.25. The molecule has 0 aromatic rings. The Hall–Kier alpha value is -0.120. The number of hydrogen-bond acceptors (Lipinski definition) is 3. The highest BCUT2D eigenvalue weighted by Crippen LogP contribution is 2.43. The Bertz CT molecular complexity index is 224. The van der Waals surface area contributed by atoms with Crippen LogP contribution in [0.15, 0.2) is 0 Å². The van der Waals surface area contributed by atoms with Gasteiger partial charge >= 0.3 is 0 Å². The van der Waals surface area contributed by atoms with Gasteiger partial charge in [0.25, 0.3) is 0 Å². The van der Waals surface area contributed by atoms with Crippen LogP contribution in [0.5, 0.6) is 0 Å². The van der Waals surface area contributed by atoms with E-state index in [1.165, 1.54) is 25.8 Å². The summed E-state index contributed by atoms with van der Waals surface area (Å²) >= 11 is 0. The van der Waals surface area contributed by atoms with Crippen LogP contribution in [0.4, 0.5) is 0 Å². The van der Waals surface area contributed by atoms with E-state index in [4.69, 9.17) is 4.74 Å². The zero-order valence-electron chi connectivity index (χ0n) is 10.9. The molecule has 16 heavy (non-hydrogen) atoms. The van der Waals surface area contributed by atoms with Crippen molar-refractivity contribution >= 4 is 0 Å². The third-order valence-electron chi connectivity index (χ3n) is 4.28. The van der Waals surface area contributed by atoms with E-state index in [9.17, 15) is 0 Å². The molecule has 2 aliphatic rings. The molecule has 0 aromatic heterocycles. The van der Waals surface area contributed by atoms with Gasteiger partial charge in [-0.05, 0) is 32.7 Å². The Labute approximate surface area is 99.3 Å². The standard InChI is InChI=1S/C13H26N2O/c1-4-16-12-8-11(13(12,2)3)15-10-6-5-7-14-9-10/h10-12,14-15H,4-9H2,1-3H3. The first-order valence-corrected chi connectivity index (χ1v) is 6.73. The highest BCUT2D eigenvalue weighted by Gasteiger charge is 2.49. The van der Waals surface area contributed by atoms with E-state index >= 15 is 0 Å². The maximum atomic E-state index is 5.76. The van der Waals surface area contributed by atoms with Gasteiger partial charge in [0.15, 0.2) is 0 Å². The van der Waals surface area contributed by atoms with Gasteiger partial charge in [0.05, 0.1) is 6.10 Å². The van der Waals surface area contributed by atoms with Crippen molar-refractivity contribution in [3.8, 4) is 0 Å². The number of ether oxygens (including phenoxy) is 1. The summed E-state index contributed by atoms with van der Waals surface area (Å²) < 4.78 is 5.76. The van der Waals surface area contributed by atoms with Crippen LogP contribution in [0.1, 0.15) is 40.0 Å². The quantitative estimate of drug-likeness (QED) is 0.763. The fraction of sp³-hybridized carbons (Fsp3) is 1.00. The Morgan fingerprint density at radius 3 is 2.81 bits per heavy atom. The van der Waals surface area contributed by atoms with E-state index in [2.05, 4.69) is 31.4 Å². The maximum absolute atomic E-state index is 5.76. The molecule has 1 saturated carbocycles. The van der Waals surface area contributed by atoms with Crippen molar-refractivity contribution in [3.63, 3.8) is 0 Å². The van der Waals surface area contributed by atoms with Crippen molar-refractivity contribution in [1.29, 1.82) is 0 Å². The third kappa shape index (κ3) is 2.41. The second-order valence-corrected chi connectivity index (χ2v) is 5.76. The van der Waals surface area contributed by atoms with Crippen LogP contribution in [0, 0.1) is 5.41 Å². The van der Waals surface area contributed by atoms with Crippen LogP contribution in [-0.4, -0.2) is 37.9 Å². The number of piperidine rings is 1. The smallest absolute Gasteiger partial charge is 0.0655 e. The molecule has 2 N–H and O–H groups in total. The first kappa shape index (κ1) is 12.3. The molecule has 1 aliphatic carbocycles. The predicted octanol–water partition coefficient (Wildman–Crippen LogP) is 1.53. The summed E-state index contributed by atoms with van der Waals surface area (Å²) in [4.78, 5) is 0. The predicted molar refractivity (Wildman–Crippen MR) is 66.6 cm³/mol. The average molecular weight is 226 g/mol. The fourth-order valence-corrected chi connectivity index (χ4v) is 2.93. The van der Waals surface area contributed by atoms with Crippen LogP contribution >= 0.6 is 0 Å². The summed E-state index contributed by atoms with van der Waals surface area (Å²) in [5.74, 6) is 0. The number of nitrogens with one attached hydrogen (secondary N) is 2. The minimum absolute atomic E-state index is 0.299. The zero-order valence-corrected chi connectivity index (χ0v) is 10.9. The van der Waals surface area contributed by atoms with E-state index in [0.29, 0.717) is 23.6 Å². The first-order valence-electron chi connectivity index (χ1n) is 6.73. The summed E-state index contributed by atoms with van der Waals surface area (Å²) in [5, 5.41) is 7.25. The lowest BCUT2D eigenvalue weighted by Crippen LogP contribution is -2.64. The van der Waals surface area contributed by atoms with E-state index in [0.717, 1.165) is 13.2 Å². The van der Waals surface area contributed by atoms with Crippen molar-refractivity contribution in [2.75, 3.05) is 19.7 Å². The molecule has 1 heterocycles. The van der Waals surface area contributed by atoms with Gasteiger partial charge in [-0.2, -0.15) is 0 Å². The van der Waals surface area contributed by atoms with Gasteiger partial charge in [-0.15, -0.1) is 0 Å². The van der Waals surface area contributed by atoms with Crippen LogP contribution in [0.25, 0.3) is 0 Å². The summed E-state index contributed by atoms with van der Waals surface area (Å²) in [6.45, 7) is 9.89. The summed E-state index contributed by atoms with van der Waals surface area (Å²) in [5.41, 5.74) is 0.299. The Morgan fingerprint density at radius 2 is 2.25 bits per heavy atom. The number of rotatable bonds is 4. The fourth-order valence-electron chi connectivity index (χ4n) is 2.93. The summed E-state index contributed by atoms with van der Waals surface area (Å²) in [7, 11) is 0. The molecule has 0 radical (unpaired) electrons. The molecule has 94 valence electrons. The first-order chi connectivity index (χ1) is 7.64. The van der Waals surface area contributed by atoms with E-state index in [-0.39, 0.29) is 0 Å². The lowest BCUT2D eigenvalue weighted by Gasteiger charge is -2.53. The molecule has 2 rings (SSSR count). The molecule has 0 amide bonds. The molecule has 3 nitrogen and oxygen atoms in total. The van der Waals surface area contributed by atoms with Gasteiger partial charge in [0, 0.05) is 30.7 Å². The summed E-state index contributed by atoms with van der Waals surface area (Å²) in [6, 6.07) is 1.30. The highest BCUT2D eigenvalue weighted by molar-refractivity contribution is 5.04. The number of hydrogen-bond donors (Lipinski definition) is 2. The van der Waals surface area contributed by atoms with Gasteiger partial charge in [-0.1, -0.05) is 13.8 Å². The van der Waals surface area contributed by atoms with Gasteiger partial charge in [0.2, 0.25) is 0 Å². The molecule has 1 aliphatic heterocycles. The maximum Gasteiger partial charge on any atom is 0.0655 e. The molecular weight excluding hydrogens is 200 g/mol. The van der Waals surface area contributed by atoms with Gasteiger partial charge in [-0.3, -0.25) is 0 Å². The van der Waals surface area contributed by atoms with Crippen molar-refractivity contribution < 1.29 is 4.74 Å². The molecule has 0 spiro atoms. The molecule has 3 heteroatoms. The van der Waals surface area contributed by atoms with Gasteiger partial charge < -0.3 is 15.4 Å². The molecular formula is C13H26N2O. The average Bonchev–Trinajstić information content (AvgIpc) is 2.29. The van der Waals surface area contributed by atoms with Gasteiger partial charge in [-0.25, -0.2) is 0 Å². The normalized spacial score (nSPS) is 38.1. The second kappa shape index (κ2) is 5.03. The lowest BCUT2D eigenvalue weighted by molar-refractivity contribution is -0.116.